The Morgan fingerprint density at radius 3 is 2.24 bits per heavy atom. The van der Waals surface area contributed by atoms with Crippen LogP contribution in [0.3, 0.4) is 0 Å². The maximum Gasteiger partial charge on any atom is 0.243 e. The largest absolute Gasteiger partial charge is 0.315 e. The van der Waals surface area contributed by atoms with Crippen LogP contribution in [0.2, 0.25) is 0 Å². The molecular formula is C19H23ClN2O2S. The van der Waals surface area contributed by atoms with Gasteiger partial charge in [-0.05, 0) is 49.1 Å². The van der Waals surface area contributed by atoms with Crippen molar-refractivity contribution in [2.24, 2.45) is 0 Å². The molecule has 1 aliphatic heterocycles. The zero-order valence-electron chi connectivity index (χ0n) is 14.0. The van der Waals surface area contributed by atoms with Crippen LogP contribution in [0.1, 0.15) is 19.3 Å². The van der Waals surface area contributed by atoms with Gasteiger partial charge >= 0.3 is 0 Å². The van der Waals surface area contributed by atoms with Gasteiger partial charge in [-0.1, -0.05) is 42.5 Å². The maximum absolute atomic E-state index is 13.3. The molecule has 4 nitrogen and oxygen atoms in total. The first-order chi connectivity index (χ1) is 11.7. The lowest BCUT2D eigenvalue weighted by Gasteiger charge is -2.27. The van der Waals surface area contributed by atoms with Crippen LogP contribution in [0.4, 0.5) is 0 Å². The van der Waals surface area contributed by atoms with Gasteiger partial charge in [0.1, 0.15) is 0 Å². The van der Waals surface area contributed by atoms with Crippen molar-refractivity contribution in [3.8, 4) is 11.1 Å². The molecule has 2 aliphatic rings. The summed E-state index contributed by atoms with van der Waals surface area (Å²) in [5.74, 6) is 0. The summed E-state index contributed by atoms with van der Waals surface area (Å²) < 4.78 is 28.3. The number of halogens is 1. The molecule has 1 aliphatic carbocycles. The quantitative estimate of drug-likeness (QED) is 0.868. The molecule has 0 aromatic heterocycles. The molecule has 6 heteroatoms. The SMILES string of the molecule is Cl.O=S(=O)(c1cccc(-c2ccccc2)c1)N(C1CC1)C1CCNC1. The van der Waals surface area contributed by atoms with Crippen molar-refractivity contribution in [1.82, 2.24) is 9.62 Å². The van der Waals surface area contributed by atoms with E-state index in [0.717, 1.165) is 43.5 Å². The normalized spacial score (nSPS) is 20.4. The first kappa shape index (κ1) is 18.4. The van der Waals surface area contributed by atoms with Crippen LogP contribution in [-0.4, -0.2) is 37.9 Å². The Bertz CT molecular complexity index is 816. The average molecular weight is 379 g/mol. The third kappa shape index (κ3) is 3.75. The Balaban J connectivity index is 0.00000182. The van der Waals surface area contributed by atoms with Gasteiger partial charge in [-0.25, -0.2) is 8.42 Å². The molecule has 2 aromatic carbocycles. The Hall–Kier alpha value is -1.40. The van der Waals surface area contributed by atoms with E-state index in [1.54, 1.807) is 10.4 Å². The summed E-state index contributed by atoms with van der Waals surface area (Å²) in [6.45, 7) is 1.65. The Morgan fingerprint density at radius 1 is 0.880 bits per heavy atom. The predicted molar refractivity (Wildman–Crippen MR) is 102 cm³/mol. The number of rotatable bonds is 5. The molecule has 1 atom stereocenters. The van der Waals surface area contributed by atoms with Crippen molar-refractivity contribution in [3.63, 3.8) is 0 Å². The van der Waals surface area contributed by atoms with Gasteiger partial charge in [0, 0.05) is 18.6 Å². The molecule has 2 fully saturated rings. The van der Waals surface area contributed by atoms with E-state index in [1.165, 1.54) is 0 Å². The van der Waals surface area contributed by atoms with Crippen LogP contribution >= 0.6 is 12.4 Å². The van der Waals surface area contributed by atoms with Crippen LogP contribution in [0.5, 0.6) is 0 Å². The molecular weight excluding hydrogens is 356 g/mol. The highest BCUT2D eigenvalue weighted by Crippen LogP contribution is 2.36. The van der Waals surface area contributed by atoms with E-state index < -0.39 is 10.0 Å². The molecule has 4 rings (SSSR count). The van der Waals surface area contributed by atoms with Crippen LogP contribution in [-0.2, 0) is 10.0 Å². The number of hydrogen-bond acceptors (Lipinski definition) is 3. The lowest BCUT2D eigenvalue weighted by atomic mass is 10.1. The average Bonchev–Trinajstić information content (AvgIpc) is 3.29. The van der Waals surface area contributed by atoms with E-state index in [1.807, 2.05) is 48.5 Å². The van der Waals surface area contributed by atoms with Crippen molar-refractivity contribution >= 4 is 22.4 Å². The van der Waals surface area contributed by atoms with Crippen molar-refractivity contribution in [2.45, 2.75) is 36.2 Å². The summed E-state index contributed by atoms with van der Waals surface area (Å²) in [6, 6.07) is 17.5. The summed E-state index contributed by atoms with van der Waals surface area (Å²) >= 11 is 0. The molecule has 25 heavy (non-hydrogen) atoms. The topological polar surface area (TPSA) is 49.4 Å². The second kappa shape index (κ2) is 7.46. The lowest BCUT2D eigenvalue weighted by molar-refractivity contribution is 0.327. The minimum Gasteiger partial charge on any atom is -0.315 e. The van der Waals surface area contributed by atoms with Gasteiger partial charge < -0.3 is 5.32 Å². The first-order valence-corrected chi connectivity index (χ1v) is 10.00. The molecule has 2 aromatic rings. The van der Waals surface area contributed by atoms with Gasteiger partial charge in [-0.2, -0.15) is 4.31 Å². The molecule has 0 spiro atoms. The summed E-state index contributed by atoms with van der Waals surface area (Å²) in [4.78, 5) is 0.405. The summed E-state index contributed by atoms with van der Waals surface area (Å²) in [5, 5.41) is 3.29. The molecule has 134 valence electrons. The van der Waals surface area contributed by atoms with Gasteiger partial charge in [0.15, 0.2) is 0 Å². The number of sulfonamides is 1. The highest BCUT2D eigenvalue weighted by Gasteiger charge is 2.43. The van der Waals surface area contributed by atoms with Crippen molar-refractivity contribution in [3.05, 3.63) is 54.6 Å². The summed E-state index contributed by atoms with van der Waals surface area (Å²) in [7, 11) is -3.46. The predicted octanol–water partition coefficient (Wildman–Crippen LogP) is 3.29. The second-order valence-corrected chi connectivity index (χ2v) is 8.45. The standard InChI is InChI=1S/C19H22N2O2S.ClH/c22-24(23,21(17-9-10-17)18-11-12-20-14-18)19-8-4-7-16(13-19)15-5-2-1-3-6-15;/h1-8,13,17-18,20H,9-12,14H2;1H. The van der Waals surface area contributed by atoms with Crippen molar-refractivity contribution in [2.75, 3.05) is 13.1 Å². The smallest absolute Gasteiger partial charge is 0.243 e. The number of nitrogens with zero attached hydrogens (tertiary/aromatic N) is 1. The van der Waals surface area contributed by atoms with E-state index in [-0.39, 0.29) is 24.5 Å². The van der Waals surface area contributed by atoms with E-state index in [0.29, 0.717) is 4.90 Å². The zero-order chi connectivity index (χ0) is 16.6. The van der Waals surface area contributed by atoms with E-state index in [2.05, 4.69) is 5.32 Å². The van der Waals surface area contributed by atoms with Gasteiger partial charge in [-0.3, -0.25) is 0 Å². The summed E-state index contributed by atoms with van der Waals surface area (Å²) in [6.07, 6.45) is 2.86. The molecule has 0 bridgehead atoms. The van der Waals surface area contributed by atoms with Gasteiger partial charge in [0.05, 0.1) is 4.90 Å². The minimum atomic E-state index is -3.46. The number of benzene rings is 2. The molecule has 1 saturated heterocycles. The van der Waals surface area contributed by atoms with Gasteiger partial charge in [0.2, 0.25) is 10.0 Å². The van der Waals surface area contributed by atoms with E-state index >= 15 is 0 Å². The Morgan fingerprint density at radius 2 is 1.60 bits per heavy atom. The van der Waals surface area contributed by atoms with E-state index in [9.17, 15) is 8.42 Å². The highest BCUT2D eigenvalue weighted by atomic mass is 35.5. The second-order valence-electron chi connectivity index (χ2n) is 6.61. The highest BCUT2D eigenvalue weighted by molar-refractivity contribution is 7.89. The van der Waals surface area contributed by atoms with Crippen molar-refractivity contribution in [1.29, 1.82) is 0 Å². The number of nitrogens with one attached hydrogen (secondary N) is 1. The Kier molecular flexibility index (Phi) is 5.49. The first-order valence-electron chi connectivity index (χ1n) is 8.56. The zero-order valence-corrected chi connectivity index (χ0v) is 15.6. The fourth-order valence-electron chi connectivity index (χ4n) is 3.46. The van der Waals surface area contributed by atoms with Gasteiger partial charge in [-0.15, -0.1) is 12.4 Å². The number of hydrogen-bond donors (Lipinski definition) is 1. The van der Waals surface area contributed by atoms with E-state index in [4.69, 9.17) is 0 Å². The minimum absolute atomic E-state index is 0. The lowest BCUT2D eigenvalue weighted by Crippen LogP contribution is -2.43. The third-order valence-electron chi connectivity index (χ3n) is 4.82. The molecule has 1 saturated carbocycles. The molecule has 0 radical (unpaired) electrons. The molecule has 1 unspecified atom stereocenters. The fraction of sp³-hybridized carbons (Fsp3) is 0.368. The Labute approximate surface area is 155 Å². The molecule has 1 N–H and O–H groups in total. The van der Waals surface area contributed by atoms with Crippen LogP contribution in [0, 0.1) is 0 Å². The fourth-order valence-corrected chi connectivity index (χ4v) is 5.41. The monoisotopic (exact) mass is 378 g/mol. The van der Waals surface area contributed by atoms with Crippen LogP contribution in [0.25, 0.3) is 11.1 Å². The van der Waals surface area contributed by atoms with Crippen molar-refractivity contribution < 1.29 is 8.42 Å². The third-order valence-corrected chi connectivity index (χ3v) is 6.82. The molecule has 1 heterocycles. The van der Waals surface area contributed by atoms with Gasteiger partial charge in [0.25, 0.3) is 0 Å². The maximum atomic E-state index is 13.3. The van der Waals surface area contributed by atoms with Crippen LogP contribution < -0.4 is 5.32 Å². The summed E-state index contributed by atoms with van der Waals surface area (Å²) in [5.41, 5.74) is 1.98. The molecule has 0 amide bonds. The van der Waals surface area contributed by atoms with Crippen LogP contribution in [0.15, 0.2) is 59.5 Å².